The molecule has 0 radical (unpaired) electrons. The standard InChI is InChI=1S/C8H16N4OS/c1-6(3-4-13-2)8(11-9)7-5-10-12-14-7/h5-6,8,11H,3-4,9H2,1-2H3. The van der Waals surface area contributed by atoms with Crippen molar-refractivity contribution in [2.45, 2.75) is 19.4 Å². The molecule has 80 valence electrons. The molecule has 2 atom stereocenters. The van der Waals surface area contributed by atoms with Crippen LogP contribution in [-0.4, -0.2) is 23.3 Å². The first-order chi connectivity index (χ1) is 6.79. The molecule has 1 aromatic rings. The third-order valence-corrected chi connectivity index (χ3v) is 2.96. The van der Waals surface area contributed by atoms with Crippen molar-refractivity contribution < 1.29 is 4.74 Å². The van der Waals surface area contributed by atoms with Crippen LogP contribution >= 0.6 is 11.5 Å². The first-order valence-corrected chi connectivity index (χ1v) is 5.29. The van der Waals surface area contributed by atoms with Crippen molar-refractivity contribution in [1.29, 1.82) is 0 Å². The largest absolute Gasteiger partial charge is 0.385 e. The predicted octanol–water partition coefficient (Wildman–Crippen LogP) is 0.715. The van der Waals surface area contributed by atoms with Gasteiger partial charge in [-0.1, -0.05) is 11.4 Å². The third kappa shape index (κ3) is 2.98. The minimum absolute atomic E-state index is 0.116. The number of rotatable bonds is 6. The van der Waals surface area contributed by atoms with Crippen LogP contribution in [0.3, 0.4) is 0 Å². The van der Waals surface area contributed by atoms with E-state index in [2.05, 4.69) is 21.9 Å². The van der Waals surface area contributed by atoms with Gasteiger partial charge in [0.15, 0.2) is 0 Å². The van der Waals surface area contributed by atoms with Crippen LogP contribution in [-0.2, 0) is 4.74 Å². The highest BCUT2D eigenvalue weighted by molar-refractivity contribution is 7.05. The maximum absolute atomic E-state index is 5.50. The van der Waals surface area contributed by atoms with Crippen molar-refractivity contribution in [2.24, 2.45) is 11.8 Å². The summed E-state index contributed by atoms with van der Waals surface area (Å²) in [5.41, 5.74) is 2.79. The molecule has 14 heavy (non-hydrogen) atoms. The van der Waals surface area contributed by atoms with Gasteiger partial charge >= 0.3 is 0 Å². The number of ether oxygens (including phenoxy) is 1. The van der Waals surface area contributed by atoms with E-state index in [4.69, 9.17) is 10.6 Å². The normalized spacial score (nSPS) is 15.4. The van der Waals surface area contributed by atoms with E-state index in [1.165, 1.54) is 11.5 Å². The van der Waals surface area contributed by atoms with Crippen LogP contribution in [0.15, 0.2) is 6.20 Å². The summed E-state index contributed by atoms with van der Waals surface area (Å²) >= 11 is 1.37. The summed E-state index contributed by atoms with van der Waals surface area (Å²) < 4.78 is 8.85. The molecule has 3 N–H and O–H groups in total. The van der Waals surface area contributed by atoms with Crippen molar-refractivity contribution in [3.8, 4) is 0 Å². The second-order valence-electron chi connectivity index (χ2n) is 3.22. The Hall–Kier alpha value is -0.560. The van der Waals surface area contributed by atoms with Gasteiger partial charge in [0, 0.05) is 13.7 Å². The minimum atomic E-state index is 0.116. The quantitative estimate of drug-likeness (QED) is 0.541. The van der Waals surface area contributed by atoms with E-state index in [-0.39, 0.29) is 6.04 Å². The van der Waals surface area contributed by atoms with Crippen molar-refractivity contribution in [2.75, 3.05) is 13.7 Å². The summed E-state index contributed by atoms with van der Waals surface area (Å²) in [6, 6.07) is 0.116. The molecule has 0 fully saturated rings. The van der Waals surface area contributed by atoms with Gasteiger partial charge in [0.25, 0.3) is 0 Å². The molecule has 0 aliphatic rings. The minimum Gasteiger partial charge on any atom is -0.385 e. The third-order valence-electron chi connectivity index (χ3n) is 2.21. The fraction of sp³-hybridized carbons (Fsp3) is 0.750. The van der Waals surface area contributed by atoms with Gasteiger partial charge < -0.3 is 4.74 Å². The van der Waals surface area contributed by atoms with E-state index < -0.39 is 0 Å². The molecular weight excluding hydrogens is 200 g/mol. The lowest BCUT2D eigenvalue weighted by molar-refractivity contribution is 0.170. The van der Waals surface area contributed by atoms with Gasteiger partial charge in [0.05, 0.1) is 17.1 Å². The fourth-order valence-electron chi connectivity index (χ4n) is 1.31. The molecule has 2 unspecified atom stereocenters. The summed E-state index contributed by atoms with van der Waals surface area (Å²) in [6.45, 7) is 2.87. The summed E-state index contributed by atoms with van der Waals surface area (Å²) in [5, 5.41) is 3.80. The Morgan fingerprint density at radius 1 is 1.71 bits per heavy atom. The molecular formula is C8H16N4OS. The number of hydrogen-bond acceptors (Lipinski definition) is 6. The maximum Gasteiger partial charge on any atom is 0.0669 e. The Labute approximate surface area is 87.8 Å². The molecule has 0 aliphatic heterocycles. The second kappa shape index (κ2) is 6.02. The molecule has 6 heteroatoms. The van der Waals surface area contributed by atoms with E-state index in [0.717, 1.165) is 17.9 Å². The Kier molecular flexibility index (Phi) is 4.95. The molecule has 1 heterocycles. The monoisotopic (exact) mass is 216 g/mol. The Balaban J connectivity index is 2.53. The van der Waals surface area contributed by atoms with Crippen molar-refractivity contribution in [1.82, 2.24) is 15.0 Å². The van der Waals surface area contributed by atoms with Crippen LogP contribution in [0, 0.1) is 5.92 Å². The maximum atomic E-state index is 5.50. The van der Waals surface area contributed by atoms with E-state index in [9.17, 15) is 0 Å². The van der Waals surface area contributed by atoms with Crippen molar-refractivity contribution in [3.05, 3.63) is 11.1 Å². The molecule has 0 saturated heterocycles. The number of hydrazine groups is 1. The van der Waals surface area contributed by atoms with Crippen LogP contribution < -0.4 is 11.3 Å². The lowest BCUT2D eigenvalue weighted by Gasteiger charge is -2.20. The average Bonchev–Trinajstić information content (AvgIpc) is 2.69. The van der Waals surface area contributed by atoms with E-state index in [0.29, 0.717) is 5.92 Å². The highest BCUT2D eigenvalue weighted by Crippen LogP contribution is 2.25. The van der Waals surface area contributed by atoms with Gasteiger partial charge in [0.1, 0.15) is 0 Å². The van der Waals surface area contributed by atoms with Gasteiger partial charge in [-0.2, -0.15) is 0 Å². The zero-order valence-electron chi connectivity index (χ0n) is 8.43. The molecule has 0 amide bonds. The summed E-state index contributed by atoms with van der Waals surface area (Å²) in [5.74, 6) is 5.90. The Bertz CT molecular complexity index is 241. The summed E-state index contributed by atoms with van der Waals surface area (Å²) in [7, 11) is 1.70. The molecule has 0 spiro atoms. The number of nitrogens with two attached hydrogens (primary N) is 1. The molecule has 0 saturated carbocycles. The Morgan fingerprint density at radius 3 is 3.00 bits per heavy atom. The van der Waals surface area contributed by atoms with Crippen molar-refractivity contribution in [3.63, 3.8) is 0 Å². The van der Waals surface area contributed by atoms with Crippen LogP contribution in [0.2, 0.25) is 0 Å². The number of hydrogen-bond donors (Lipinski definition) is 2. The zero-order valence-corrected chi connectivity index (χ0v) is 9.25. The summed E-state index contributed by atoms with van der Waals surface area (Å²) in [4.78, 5) is 1.07. The van der Waals surface area contributed by atoms with Crippen molar-refractivity contribution >= 4 is 11.5 Å². The number of nitrogens with one attached hydrogen (secondary N) is 1. The first kappa shape index (κ1) is 11.5. The topological polar surface area (TPSA) is 73.1 Å². The SMILES string of the molecule is COCCC(C)C(NN)c1cnns1. The smallest absolute Gasteiger partial charge is 0.0669 e. The van der Waals surface area contributed by atoms with E-state index >= 15 is 0 Å². The van der Waals surface area contributed by atoms with Gasteiger partial charge in [-0.05, 0) is 23.9 Å². The molecule has 1 aromatic heterocycles. The molecule has 0 bridgehead atoms. The lowest BCUT2D eigenvalue weighted by atomic mass is 9.98. The fourth-order valence-corrected chi connectivity index (χ4v) is 2.01. The molecule has 0 aromatic carbocycles. The van der Waals surface area contributed by atoms with Gasteiger partial charge in [-0.15, -0.1) is 5.10 Å². The van der Waals surface area contributed by atoms with Crippen LogP contribution in [0.5, 0.6) is 0 Å². The molecule has 1 rings (SSSR count). The number of nitrogens with zero attached hydrogens (tertiary/aromatic N) is 2. The van der Waals surface area contributed by atoms with Crippen LogP contribution in [0.1, 0.15) is 24.3 Å². The van der Waals surface area contributed by atoms with Gasteiger partial charge in [0.2, 0.25) is 0 Å². The number of aromatic nitrogens is 2. The Morgan fingerprint density at radius 2 is 2.50 bits per heavy atom. The van der Waals surface area contributed by atoms with Crippen LogP contribution in [0.25, 0.3) is 0 Å². The average molecular weight is 216 g/mol. The highest BCUT2D eigenvalue weighted by atomic mass is 32.1. The number of methoxy groups -OCH3 is 1. The predicted molar refractivity (Wildman–Crippen MR) is 55.6 cm³/mol. The summed E-state index contributed by atoms with van der Waals surface area (Å²) in [6.07, 6.45) is 2.71. The van der Waals surface area contributed by atoms with Gasteiger partial charge in [-0.3, -0.25) is 11.3 Å². The van der Waals surface area contributed by atoms with E-state index in [1.54, 1.807) is 13.3 Å². The van der Waals surface area contributed by atoms with Crippen LogP contribution in [0.4, 0.5) is 0 Å². The first-order valence-electron chi connectivity index (χ1n) is 4.52. The molecule has 0 aliphatic carbocycles. The van der Waals surface area contributed by atoms with Gasteiger partial charge in [-0.25, -0.2) is 0 Å². The molecule has 5 nitrogen and oxygen atoms in total. The zero-order chi connectivity index (χ0) is 10.4. The lowest BCUT2D eigenvalue weighted by Crippen LogP contribution is -2.32. The highest BCUT2D eigenvalue weighted by Gasteiger charge is 2.19. The van der Waals surface area contributed by atoms with E-state index in [1.807, 2.05) is 0 Å². The second-order valence-corrected chi connectivity index (χ2v) is 4.04.